The number of fused-ring (bicyclic) bond motifs is 2. The van der Waals surface area contributed by atoms with Crippen molar-refractivity contribution in [1.29, 1.82) is 0 Å². The Kier molecular flexibility index (Phi) is 1.98. The van der Waals surface area contributed by atoms with Gasteiger partial charge in [0.25, 0.3) is 0 Å². The Morgan fingerprint density at radius 3 is 2.57 bits per heavy atom. The zero-order chi connectivity index (χ0) is 9.76. The Morgan fingerprint density at radius 2 is 1.86 bits per heavy atom. The molecular weight excluding hydrogens is 168 g/mol. The summed E-state index contributed by atoms with van der Waals surface area (Å²) in [6.07, 6.45) is 10.9. The molecule has 0 aromatic heterocycles. The maximum atomic E-state index is 2.57. The first-order valence-corrected chi connectivity index (χ1v) is 6.70. The lowest BCUT2D eigenvalue weighted by molar-refractivity contribution is 0.0554. The van der Waals surface area contributed by atoms with Crippen molar-refractivity contribution < 1.29 is 0 Å². The van der Waals surface area contributed by atoms with Crippen LogP contribution < -0.4 is 0 Å². The van der Waals surface area contributed by atoms with Crippen LogP contribution >= 0.6 is 0 Å². The summed E-state index contributed by atoms with van der Waals surface area (Å²) in [6, 6.07) is 0. The molecule has 80 valence electrons. The average molecular weight is 192 g/mol. The van der Waals surface area contributed by atoms with Crippen molar-refractivity contribution in [2.45, 2.75) is 58.8 Å². The summed E-state index contributed by atoms with van der Waals surface area (Å²) < 4.78 is 0. The third-order valence-corrected chi connectivity index (χ3v) is 5.84. The highest BCUT2D eigenvalue weighted by atomic mass is 14.6. The van der Waals surface area contributed by atoms with Gasteiger partial charge in [-0.15, -0.1) is 0 Å². The third kappa shape index (κ3) is 1.19. The molecule has 0 nitrogen and oxygen atoms in total. The molecule has 3 fully saturated rings. The fourth-order valence-corrected chi connectivity index (χ4v) is 5.04. The van der Waals surface area contributed by atoms with Crippen LogP contribution in [0.1, 0.15) is 58.8 Å². The molecule has 0 saturated heterocycles. The third-order valence-electron chi connectivity index (χ3n) is 5.84. The molecule has 14 heavy (non-hydrogen) atoms. The molecule has 3 saturated carbocycles. The minimum atomic E-state index is 0.809. The van der Waals surface area contributed by atoms with Crippen molar-refractivity contribution in [3.8, 4) is 0 Å². The van der Waals surface area contributed by atoms with Crippen molar-refractivity contribution in [3.63, 3.8) is 0 Å². The molecule has 0 N–H and O–H groups in total. The van der Waals surface area contributed by atoms with Gasteiger partial charge in [-0.05, 0) is 61.2 Å². The normalized spacial score (nSPS) is 57.0. The first kappa shape index (κ1) is 9.24. The molecule has 0 aromatic carbocycles. The molecular formula is C14H24. The van der Waals surface area contributed by atoms with Crippen LogP contribution in [0.5, 0.6) is 0 Å². The van der Waals surface area contributed by atoms with Crippen molar-refractivity contribution >= 4 is 0 Å². The molecule has 0 amide bonds. The Balaban J connectivity index is 1.85. The van der Waals surface area contributed by atoms with E-state index >= 15 is 0 Å². The number of hydrogen-bond donors (Lipinski definition) is 0. The van der Waals surface area contributed by atoms with Crippen LogP contribution in [-0.2, 0) is 0 Å². The van der Waals surface area contributed by atoms with Gasteiger partial charge in [0.05, 0.1) is 0 Å². The summed E-state index contributed by atoms with van der Waals surface area (Å²) in [5.41, 5.74) is 0.809. The summed E-state index contributed by atoms with van der Waals surface area (Å²) in [5.74, 6) is 4.31. The summed E-state index contributed by atoms with van der Waals surface area (Å²) >= 11 is 0. The monoisotopic (exact) mass is 192 g/mol. The lowest BCUT2D eigenvalue weighted by Crippen LogP contribution is -2.35. The van der Waals surface area contributed by atoms with Crippen LogP contribution in [-0.4, -0.2) is 0 Å². The molecule has 5 atom stereocenters. The standard InChI is InChI=1S/C14H24/c1-10-5-6-14(8-10)9-12-3-4-13(7-12)11(14)2/h10-13H,3-9H2,1-2H3/t10-,11+,12+,13-,14-/m1/s1. The van der Waals surface area contributed by atoms with Crippen molar-refractivity contribution in [2.75, 3.05) is 0 Å². The molecule has 0 aliphatic heterocycles. The molecule has 3 aliphatic carbocycles. The molecule has 0 radical (unpaired) electrons. The first-order valence-electron chi connectivity index (χ1n) is 6.70. The van der Waals surface area contributed by atoms with Crippen LogP contribution in [0.15, 0.2) is 0 Å². The predicted molar refractivity (Wildman–Crippen MR) is 60.1 cm³/mol. The molecule has 2 bridgehead atoms. The van der Waals surface area contributed by atoms with Crippen molar-refractivity contribution in [3.05, 3.63) is 0 Å². The Hall–Kier alpha value is 0. The fourth-order valence-electron chi connectivity index (χ4n) is 5.04. The lowest BCUT2D eigenvalue weighted by Gasteiger charge is -2.44. The molecule has 0 heteroatoms. The first-order chi connectivity index (χ1) is 6.70. The minimum Gasteiger partial charge on any atom is -0.0625 e. The molecule has 0 heterocycles. The van der Waals surface area contributed by atoms with Gasteiger partial charge in [-0.25, -0.2) is 0 Å². The Labute approximate surface area is 88.5 Å². The second-order valence-corrected chi connectivity index (χ2v) is 6.64. The quantitative estimate of drug-likeness (QED) is 0.538. The van der Waals surface area contributed by atoms with E-state index in [2.05, 4.69) is 13.8 Å². The second-order valence-electron chi connectivity index (χ2n) is 6.64. The molecule has 0 aromatic rings. The van der Waals surface area contributed by atoms with Gasteiger partial charge in [0.15, 0.2) is 0 Å². The highest BCUT2D eigenvalue weighted by Gasteiger charge is 2.51. The van der Waals surface area contributed by atoms with E-state index in [-0.39, 0.29) is 0 Å². The van der Waals surface area contributed by atoms with Crippen LogP contribution in [0.2, 0.25) is 0 Å². The van der Waals surface area contributed by atoms with E-state index in [1.54, 1.807) is 38.5 Å². The summed E-state index contributed by atoms with van der Waals surface area (Å²) in [4.78, 5) is 0. The van der Waals surface area contributed by atoms with Crippen molar-refractivity contribution in [2.24, 2.45) is 29.1 Å². The zero-order valence-corrected chi connectivity index (χ0v) is 9.76. The van der Waals surface area contributed by atoms with Crippen LogP contribution in [0.25, 0.3) is 0 Å². The van der Waals surface area contributed by atoms with Gasteiger partial charge in [0, 0.05) is 0 Å². The second kappa shape index (κ2) is 3.00. The van der Waals surface area contributed by atoms with Crippen molar-refractivity contribution in [1.82, 2.24) is 0 Å². The molecule has 0 unspecified atom stereocenters. The Morgan fingerprint density at radius 1 is 1.00 bits per heavy atom. The maximum Gasteiger partial charge on any atom is -0.0264 e. The van der Waals surface area contributed by atoms with Gasteiger partial charge >= 0.3 is 0 Å². The van der Waals surface area contributed by atoms with E-state index in [4.69, 9.17) is 0 Å². The molecule has 3 rings (SSSR count). The van der Waals surface area contributed by atoms with E-state index in [0.717, 1.165) is 29.1 Å². The van der Waals surface area contributed by atoms with Gasteiger partial charge in [-0.2, -0.15) is 0 Å². The summed E-state index contributed by atoms with van der Waals surface area (Å²) in [5, 5.41) is 0. The van der Waals surface area contributed by atoms with Crippen LogP contribution in [0, 0.1) is 29.1 Å². The van der Waals surface area contributed by atoms with Gasteiger partial charge in [-0.3, -0.25) is 0 Å². The number of hydrogen-bond acceptors (Lipinski definition) is 0. The predicted octanol–water partition coefficient (Wildman–Crippen LogP) is 4.25. The molecule has 1 spiro atoms. The zero-order valence-electron chi connectivity index (χ0n) is 9.76. The van der Waals surface area contributed by atoms with E-state index < -0.39 is 0 Å². The SMILES string of the molecule is C[C@@H]1CC[C@@]2(C1)C[C@H]1CC[C@H](C1)[C@@H]2C. The largest absolute Gasteiger partial charge is 0.0625 e. The van der Waals surface area contributed by atoms with Gasteiger partial charge in [0.1, 0.15) is 0 Å². The van der Waals surface area contributed by atoms with E-state index in [0.29, 0.717) is 0 Å². The maximum absolute atomic E-state index is 2.57. The van der Waals surface area contributed by atoms with Gasteiger partial charge < -0.3 is 0 Å². The number of rotatable bonds is 0. The van der Waals surface area contributed by atoms with E-state index in [9.17, 15) is 0 Å². The lowest BCUT2D eigenvalue weighted by atomic mass is 9.61. The van der Waals surface area contributed by atoms with Crippen LogP contribution in [0.4, 0.5) is 0 Å². The Bertz CT molecular complexity index is 232. The summed E-state index contributed by atoms with van der Waals surface area (Å²) in [6.45, 7) is 5.04. The topological polar surface area (TPSA) is 0 Å². The fraction of sp³-hybridized carbons (Fsp3) is 1.00. The highest BCUT2D eigenvalue weighted by Crippen LogP contribution is 2.61. The van der Waals surface area contributed by atoms with Gasteiger partial charge in [-0.1, -0.05) is 26.7 Å². The van der Waals surface area contributed by atoms with Gasteiger partial charge in [0.2, 0.25) is 0 Å². The highest BCUT2D eigenvalue weighted by molar-refractivity contribution is 5.01. The smallest absolute Gasteiger partial charge is 0.0264 e. The van der Waals surface area contributed by atoms with Crippen LogP contribution in [0.3, 0.4) is 0 Å². The van der Waals surface area contributed by atoms with E-state index in [1.807, 2.05) is 0 Å². The summed E-state index contributed by atoms with van der Waals surface area (Å²) in [7, 11) is 0. The molecule has 3 aliphatic rings. The average Bonchev–Trinajstić information content (AvgIpc) is 2.70. The minimum absolute atomic E-state index is 0.809. The van der Waals surface area contributed by atoms with E-state index in [1.165, 1.54) is 6.42 Å².